The second-order valence-corrected chi connectivity index (χ2v) is 7.25. The van der Waals surface area contributed by atoms with E-state index in [-0.39, 0.29) is 29.8 Å². The van der Waals surface area contributed by atoms with Crippen molar-refractivity contribution in [3.8, 4) is 0 Å². The molecule has 29 heavy (non-hydrogen) atoms. The van der Waals surface area contributed by atoms with Gasteiger partial charge in [-0.3, -0.25) is 19.8 Å². The first-order chi connectivity index (χ1) is 14.0. The highest BCUT2D eigenvalue weighted by atomic mass is 16.6. The van der Waals surface area contributed by atoms with Crippen molar-refractivity contribution < 1.29 is 23.7 Å². The molecule has 2 aromatic rings. The molecule has 3 heterocycles. The molecule has 0 radical (unpaired) electrons. The summed E-state index contributed by atoms with van der Waals surface area (Å²) < 4.78 is 10.3. The Morgan fingerprint density at radius 3 is 2.52 bits per heavy atom. The molecule has 0 saturated carbocycles. The van der Waals surface area contributed by atoms with E-state index >= 15 is 0 Å². The van der Waals surface area contributed by atoms with Crippen molar-refractivity contribution in [2.24, 2.45) is 0 Å². The van der Waals surface area contributed by atoms with Crippen LogP contribution in [0.15, 0.2) is 46.9 Å². The molecule has 2 amide bonds. The maximum absolute atomic E-state index is 12.5. The van der Waals surface area contributed by atoms with Crippen LogP contribution < -0.4 is 0 Å². The fourth-order valence-electron chi connectivity index (χ4n) is 4.01. The molecule has 2 aliphatic heterocycles. The van der Waals surface area contributed by atoms with E-state index in [1.54, 1.807) is 4.90 Å². The van der Waals surface area contributed by atoms with Crippen LogP contribution in [0.5, 0.6) is 0 Å². The summed E-state index contributed by atoms with van der Waals surface area (Å²) in [5.74, 6) is -0.870. The van der Waals surface area contributed by atoms with Crippen molar-refractivity contribution in [1.29, 1.82) is 0 Å². The molecule has 2 saturated heterocycles. The number of carbonyl (C=O) groups is 2. The van der Waals surface area contributed by atoms with Gasteiger partial charge in [0.15, 0.2) is 5.76 Å². The smallest absolute Gasteiger partial charge is 0.433 e. The number of likely N-dealkylation sites (tertiary alicyclic amines) is 1. The average Bonchev–Trinajstić information content (AvgIpc) is 3.36. The monoisotopic (exact) mass is 399 g/mol. The number of nitrogens with zero attached hydrogens (tertiary/aromatic N) is 3. The Labute approximate surface area is 167 Å². The van der Waals surface area contributed by atoms with E-state index < -0.39 is 10.8 Å². The molecule has 1 aromatic heterocycles. The lowest BCUT2D eigenvalue weighted by Gasteiger charge is -2.37. The molecule has 1 aromatic carbocycles. The zero-order chi connectivity index (χ0) is 20.4. The van der Waals surface area contributed by atoms with Gasteiger partial charge in [0.2, 0.25) is 0 Å². The summed E-state index contributed by atoms with van der Waals surface area (Å²) in [6.07, 6.45) is 1.66. The molecular formula is C20H21N3O6. The molecule has 2 aliphatic rings. The highest BCUT2D eigenvalue weighted by molar-refractivity contribution is 5.91. The summed E-state index contributed by atoms with van der Waals surface area (Å²) in [5.41, 5.74) is 1.15. The molecule has 2 fully saturated rings. The molecule has 1 atom stereocenters. The number of piperidine rings is 1. The first kappa shape index (κ1) is 19.0. The first-order valence-corrected chi connectivity index (χ1v) is 9.55. The summed E-state index contributed by atoms with van der Waals surface area (Å²) in [6.45, 7) is 1.25. The zero-order valence-corrected chi connectivity index (χ0v) is 15.7. The van der Waals surface area contributed by atoms with E-state index in [1.807, 2.05) is 35.2 Å². The van der Waals surface area contributed by atoms with E-state index in [4.69, 9.17) is 9.15 Å². The van der Waals surface area contributed by atoms with E-state index in [9.17, 15) is 19.7 Å². The molecule has 0 N–H and O–H groups in total. The van der Waals surface area contributed by atoms with Crippen LogP contribution in [-0.4, -0.2) is 58.5 Å². The third kappa shape index (κ3) is 3.94. The summed E-state index contributed by atoms with van der Waals surface area (Å²) in [7, 11) is 0. The SMILES string of the molecule is O=C(c1ccc([N+](=O)[O-])o1)N1CCC(N2C(=O)OCC2Cc2ccccc2)CC1. The molecule has 9 heteroatoms. The summed E-state index contributed by atoms with van der Waals surface area (Å²) in [6, 6.07) is 12.4. The number of hydrogen-bond acceptors (Lipinski definition) is 6. The van der Waals surface area contributed by atoms with Gasteiger partial charge < -0.3 is 14.1 Å². The molecule has 0 spiro atoms. The number of benzene rings is 1. The number of ether oxygens (including phenoxy) is 1. The molecule has 4 rings (SSSR count). The lowest BCUT2D eigenvalue weighted by atomic mass is 9.99. The van der Waals surface area contributed by atoms with Gasteiger partial charge in [-0.2, -0.15) is 0 Å². The maximum Gasteiger partial charge on any atom is 0.433 e. The largest absolute Gasteiger partial charge is 0.447 e. The number of cyclic esters (lactones) is 1. The lowest BCUT2D eigenvalue weighted by molar-refractivity contribution is -0.402. The van der Waals surface area contributed by atoms with E-state index in [0.29, 0.717) is 32.5 Å². The van der Waals surface area contributed by atoms with Crippen molar-refractivity contribution in [2.45, 2.75) is 31.3 Å². The van der Waals surface area contributed by atoms with Crippen LogP contribution in [0, 0.1) is 10.1 Å². The Hall–Kier alpha value is -3.36. The Kier molecular flexibility index (Phi) is 5.20. The van der Waals surface area contributed by atoms with Gasteiger partial charge in [0, 0.05) is 19.1 Å². The van der Waals surface area contributed by atoms with Crippen LogP contribution in [0.2, 0.25) is 0 Å². The molecular weight excluding hydrogens is 378 g/mol. The normalized spacial score (nSPS) is 20.0. The predicted octanol–water partition coefficient (Wildman–Crippen LogP) is 2.86. The summed E-state index contributed by atoms with van der Waals surface area (Å²) in [4.78, 5) is 38.3. The third-order valence-electron chi connectivity index (χ3n) is 5.45. The van der Waals surface area contributed by atoms with Crippen molar-refractivity contribution in [2.75, 3.05) is 19.7 Å². The standard InChI is InChI=1S/C20H21N3O6/c24-19(17-6-7-18(29-17)23(26)27)21-10-8-15(9-11-21)22-16(13-28-20(22)25)12-14-4-2-1-3-5-14/h1-7,15-16H,8-13H2. The van der Waals surface area contributed by atoms with Crippen LogP contribution in [0.1, 0.15) is 29.0 Å². The molecule has 152 valence electrons. The van der Waals surface area contributed by atoms with E-state index in [0.717, 1.165) is 12.0 Å². The minimum atomic E-state index is -0.672. The van der Waals surface area contributed by atoms with Gasteiger partial charge in [-0.1, -0.05) is 30.3 Å². The van der Waals surface area contributed by atoms with Crippen LogP contribution >= 0.6 is 0 Å². The number of rotatable bonds is 5. The van der Waals surface area contributed by atoms with Gasteiger partial charge in [-0.25, -0.2) is 4.79 Å². The maximum atomic E-state index is 12.5. The molecule has 0 bridgehead atoms. The van der Waals surface area contributed by atoms with Crippen LogP contribution in [0.25, 0.3) is 0 Å². The number of furan rings is 1. The van der Waals surface area contributed by atoms with Crippen molar-refractivity contribution in [3.63, 3.8) is 0 Å². The minimum Gasteiger partial charge on any atom is -0.447 e. The third-order valence-corrected chi connectivity index (χ3v) is 5.45. The first-order valence-electron chi connectivity index (χ1n) is 9.55. The Morgan fingerprint density at radius 2 is 1.86 bits per heavy atom. The average molecular weight is 399 g/mol. The van der Waals surface area contributed by atoms with Gasteiger partial charge >= 0.3 is 12.0 Å². The van der Waals surface area contributed by atoms with Crippen LogP contribution in [0.3, 0.4) is 0 Å². The highest BCUT2D eigenvalue weighted by Gasteiger charge is 2.40. The fourth-order valence-corrected chi connectivity index (χ4v) is 4.01. The number of nitro groups is 1. The number of carbonyl (C=O) groups excluding carboxylic acids is 2. The van der Waals surface area contributed by atoms with E-state index in [1.165, 1.54) is 12.1 Å². The molecule has 0 aliphatic carbocycles. The van der Waals surface area contributed by atoms with E-state index in [2.05, 4.69) is 0 Å². The van der Waals surface area contributed by atoms with Gasteiger partial charge in [0.1, 0.15) is 11.5 Å². The Bertz CT molecular complexity index is 904. The van der Waals surface area contributed by atoms with Crippen molar-refractivity contribution in [1.82, 2.24) is 9.80 Å². The number of hydrogen-bond donors (Lipinski definition) is 0. The van der Waals surface area contributed by atoms with Gasteiger partial charge in [0.05, 0.1) is 12.1 Å². The van der Waals surface area contributed by atoms with Gasteiger partial charge in [-0.15, -0.1) is 0 Å². The Balaban J connectivity index is 1.38. The van der Waals surface area contributed by atoms with Crippen LogP contribution in [0.4, 0.5) is 10.7 Å². The van der Waals surface area contributed by atoms with Crippen molar-refractivity contribution in [3.05, 3.63) is 63.9 Å². The zero-order valence-electron chi connectivity index (χ0n) is 15.7. The summed E-state index contributed by atoms with van der Waals surface area (Å²) in [5, 5.41) is 10.7. The quantitative estimate of drug-likeness (QED) is 0.565. The topological polar surface area (TPSA) is 106 Å². The van der Waals surface area contributed by atoms with Gasteiger partial charge in [0.25, 0.3) is 5.91 Å². The second kappa shape index (κ2) is 7.94. The summed E-state index contributed by atoms with van der Waals surface area (Å²) >= 11 is 0. The van der Waals surface area contributed by atoms with Crippen LogP contribution in [-0.2, 0) is 11.2 Å². The highest BCUT2D eigenvalue weighted by Crippen LogP contribution is 2.27. The lowest BCUT2D eigenvalue weighted by Crippen LogP contribution is -2.50. The second-order valence-electron chi connectivity index (χ2n) is 7.25. The molecule has 9 nitrogen and oxygen atoms in total. The Morgan fingerprint density at radius 1 is 1.14 bits per heavy atom. The fraction of sp³-hybridized carbons (Fsp3) is 0.400. The van der Waals surface area contributed by atoms with Crippen molar-refractivity contribution >= 4 is 17.9 Å². The number of amides is 2. The van der Waals surface area contributed by atoms with Gasteiger partial charge in [-0.05, 0) is 30.9 Å². The minimum absolute atomic E-state index is 0.00583. The predicted molar refractivity (Wildman–Crippen MR) is 101 cm³/mol. The molecule has 1 unspecified atom stereocenters.